The van der Waals surface area contributed by atoms with E-state index in [1.165, 1.54) is 4.90 Å². The van der Waals surface area contributed by atoms with Crippen molar-refractivity contribution in [3.63, 3.8) is 0 Å². The molecular weight excluding hydrogens is 390 g/mol. The standard InChI is InChI=1S/C18H14BrNO3S/c1-23-15-8-4-12(5-9-15)10-16-17(21)20(18(22)24-16)11-13-2-6-14(19)7-3-13/h2-10H,11H2,1H3. The second-order valence-electron chi connectivity index (χ2n) is 5.17. The van der Waals surface area contributed by atoms with Crippen LogP contribution in [0.25, 0.3) is 6.08 Å². The molecule has 2 amide bonds. The Hall–Kier alpha value is -2.05. The monoisotopic (exact) mass is 403 g/mol. The lowest BCUT2D eigenvalue weighted by molar-refractivity contribution is -0.123. The van der Waals surface area contributed by atoms with E-state index in [1.54, 1.807) is 13.2 Å². The smallest absolute Gasteiger partial charge is 0.293 e. The average molecular weight is 404 g/mol. The van der Waals surface area contributed by atoms with Gasteiger partial charge in [-0.25, -0.2) is 0 Å². The number of hydrogen-bond donors (Lipinski definition) is 0. The van der Waals surface area contributed by atoms with Crippen LogP contribution in [0.2, 0.25) is 0 Å². The van der Waals surface area contributed by atoms with Gasteiger partial charge in [-0.05, 0) is 53.2 Å². The summed E-state index contributed by atoms with van der Waals surface area (Å²) in [6, 6.07) is 14.9. The van der Waals surface area contributed by atoms with Crippen LogP contribution in [0.1, 0.15) is 11.1 Å². The maximum atomic E-state index is 12.5. The summed E-state index contributed by atoms with van der Waals surface area (Å²) in [5, 5.41) is -0.248. The molecular formula is C18H14BrNO3S. The van der Waals surface area contributed by atoms with Crippen molar-refractivity contribution in [2.75, 3.05) is 7.11 Å². The minimum Gasteiger partial charge on any atom is -0.497 e. The van der Waals surface area contributed by atoms with Gasteiger partial charge in [0.05, 0.1) is 18.6 Å². The summed E-state index contributed by atoms with van der Waals surface area (Å²) in [5.74, 6) is 0.485. The molecule has 1 saturated heterocycles. The van der Waals surface area contributed by atoms with Gasteiger partial charge < -0.3 is 4.74 Å². The fourth-order valence-corrected chi connectivity index (χ4v) is 3.36. The molecule has 1 aliphatic heterocycles. The molecule has 3 rings (SSSR count). The molecule has 122 valence electrons. The summed E-state index contributed by atoms with van der Waals surface area (Å²) < 4.78 is 6.07. The van der Waals surface area contributed by atoms with Crippen molar-refractivity contribution >= 4 is 44.9 Å². The SMILES string of the molecule is COc1ccc(C=C2SC(=O)N(Cc3ccc(Br)cc3)C2=O)cc1. The van der Waals surface area contributed by atoms with E-state index in [2.05, 4.69) is 15.9 Å². The Morgan fingerprint density at radius 2 is 1.75 bits per heavy atom. The molecule has 0 spiro atoms. The molecule has 1 heterocycles. The van der Waals surface area contributed by atoms with Gasteiger partial charge in [-0.2, -0.15) is 0 Å². The van der Waals surface area contributed by atoms with Crippen LogP contribution >= 0.6 is 27.7 Å². The molecule has 2 aromatic carbocycles. The third-order valence-corrected chi connectivity index (χ3v) is 4.98. The van der Waals surface area contributed by atoms with E-state index in [4.69, 9.17) is 4.74 Å². The zero-order valence-corrected chi connectivity index (χ0v) is 15.3. The van der Waals surface area contributed by atoms with Crippen LogP contribution in [0.3, 0.4) is 0 Å². The normalized spacial score (nSPS) is 16.1. The van der Waals surface area contributed by atoms with Crippen LogP contribution in [0.5, 0.6) is 5.75 Å². The van der Waals surface area contributed by atoms with Crippen LogP contribution in [-0.2, 0) is 11.3 Å². The first-order valence-electron chi connectivity index (χ1n) is 7.20. The number of imide groups is 1. The zero-order valence-electron chi connectivity index (χ0n) is 12.9. The van der Waals surface area contributed by atoms with Gasteiger partial charge in [-0.1, -0.05) is 40.2 Å². The number of halogens is 1. The van der Waals surface area contributed by atoms with E-state index in [9.17, 15) is 9.59 Å². The summed E-state index contributed by atoms with van der Waals surface area (Å²) in [4.78, 5) is 26.4. The average Bonchev–Trinajstić information content (AvgIpc) is 2.85. The Bertz CT molecular complexity index is 800. The van der Waals surface area contributed by atoms with Crippen molar-refractivity contribution in [3.8, 4) is 5.75 Å². The molecule has 0 bridgehead atoms. The van der Waals surface area contributed by atoms with E-state index in [-0.39, 0.29) is 17.7 Å². The highest BCUT2D eigenvalue weighted by Crippen LogP contribution is 2.33. The van der Waals surface area contributed by atoms with Gasteiger partial charge in [0.1, 0.15) is 5.75 Å². The Labute approximate surface area is 152 Å². The van der Waals surface area contributed by atoms with Crippen LogP contribution in [0.15, 0.2) is 57.9 Å². The first-order valence-corrected chi connectivity index (χ1v) is 8.81. The van der Waals surface area contributed by atoms with Gasteiger partial charge >= 0.3 is 0 Å². The van der Waals surface area contributed by atoms with E-state index in [0.29, 0.717) is 4.91 Å². The quantitative estimate of drug-likeness (QED) is 0.694. The van der Waals surface area contributed by atoms with Crippen molar-refractivity contribution < 1.29 is 14.3 Å². The van der Waals surface area contributed by atoms with Crippen LogP contribution in [-0.4, -0.2) is 23.2 Å². The van der Waals surface area contributed by atoms with Gasteiger partial charge in [0, 0.05) is 4.47 Å². The molecule has 2 aromatic rings. The Balaban J connectivity index is 1.77. The predicted molar refractivity (Wildman–Crippen MR) is 98.7 cm³/mol. The lowest BCUT2D eigenvalue weighted by Gasteiger charge is -2.12. The summed E-state index contributed by atoms with van der Waals surface area (Å²) in [7, 11) is 1.60. The molecule has 0 aliphatic carbocycles. The maximum Gasteiger partial charge on any atom is 0.293 e. The van der Waals surface area contributed by atoms with Crippen molar-refractivity contribution in [1.82, 2.24) is 4.90 Å². The molecule has 0 radical (unpaired) electrons. The number of ether oxygens (including phenoxy) is 1. The number of benzene rings is 2. The Morgan fingerprint density at radius 3 is 2.38 bits per heavy atom. The van der Waals surface area contributed by atoms with Crippen molar-refractivity contribution in [1.29, 1.82) is 0 Å². The predicted octanol–water partition coefficient (Wildman–Crippen LogP) is 4.69. The van der Waals surface area contributed by atoms with E-state index in [1.807, 2.05) is 48.5 Å². The van der Waals surface area contributed by atoms with Gasteiger partial charge in [0.25, 0.3) is 11.1 Å². The third-order valence-electron chi connectivity index (χ3n) is 3.54. The lowest BCUT2D eigenvalue weighted by atomic mass is 10.2. The minimum atomic E-state index is -0.260. The fraction of sp³-hybridized carbons (Fsp3) is 0.111. The number of methoxy groups -OCH3 is 1. The van der Waals surface area contributed by atoms with Crippen LogP contribution < -0.4 is 4.74 Å². The molecule has 1 aliphatic rings. The lowest BCUT2D eigenvalue weighted by Crippen LogP contribution is -2.27. The first kappa shape index (κ1) is 16.8. The summed E-state index contributed by atoms with van der Waals surface area (Å²) in [5.41, 5.74) is 1.76. The number of rotatable bonds is 4. The molecule has 6 heteroatoms. The number of carbonyl (C=O) groups excluding carboxylic acids is 2. The van der Waals surface area contributed by atoms with E-state index >= 15 is 0 Å². The molecule has 1 fully saturated rings. The third kappa shape index (κ3) is 3.71. The van der Waals surface area contributed by atoms with Crippen molar-refractivity contribution in [3.05, 3.63) is 69.0 Å². The molecule has 0 atom stereocenters. The van der Waals surface area contributed by atoms with Gasteiger partial charge in [0.2, 0.25) is 0 Å². The highest BCUT2D eigenvalue weighted by molar-refractivity contribution is 9.10. The highest BCUT2D eigenvalue weighted by atomic mass is 79.9. The molecule has 0 aromatic heterocycles. The number of thioether (sulfide) groups is 1. The number of carbonyl (C=O) groups is 2. The number of amides is 2. The summed E-state index contributed by atoms with van der Waals surface area (Å²) >= 11 is 4.34. The Morgan fingerprint density at radius 1 is 1.08 bits per heavy atom. The minimum absolute atomic E-state index is 0.248. The molecule has 4 nitrogen and oxygen atoms in total. The van der Waals surface area contributed by atoms with E-state index < -0.39 is 0 Å². The topological polar surface area (TPSA) is 46.6 Å². The fourth-order valence-electron chi connectivity index (χ4n) is 2.26. The van der Waals surface area contributed by atoms with Gasteiger partial charge in [-0.3, -0.25) is 14.5 Å². The van der Waals surface area contributed by atoms with Crippen LogP contribution in [0.4, 0.5) is 4.79 Å². The zero-order chi connectivity index (χ0) is 17.1. The summed E-state index contributed by atoms with van der Waals surface area (Å²) in [6.45, 7) is 0.276. The molecule has 0 N–H and O–H groups in total. The van der Waals surface area contributed by atoms with Crippen LogP contribution in [0, 0.1) is 0 Å². The first-order chi connectivity index (χ1) is 11.6. The number of nitrogens with zero attached hydrogens (tertiary/aromatic N) is 1. The molecule has 0 saturated carbocycles. The van der Waals surface area contributed by atoms with Crippen molar-refractivity contribution in [2.24, 2.45) is 0 Å². The maximum absolute atomic E-state index is 12.5. The highest BCUT2D eigenvalue weighted by Gasteiger charge is 2.34. The second-order valence-corrected chi connectivity index (χ2v) is 7.08. The van der Waals surface area contributed by atoms with Crippen molar-refractivity contribution in [2.45, 2.75) is 6.54 Å². The molecule has 0 unspecified atom stereocenters. The second kappa shape index (κ2) is 7.23. The van der Waals surface area contributed by atoms with Gasteiger partial charge in [-0.15, -0.1) is 0 Å². The largest absolute Gasteiger partial charge is 0.497 e. The Kier molecular flexibility index (Phi) is 5.06. The molecule has 24 heavy (non-hydrogen) atoms. The summed E-state index contributed by atoms with van der Waals surface area (Å²) in [6.07, 6.45) is 1.73. The van der Waals surface area contributed by atoms with Gasteiger partial charge in [0.15, 0.2) is 0 Å². The van der Waals surface area contributed by atoms with E-state index in [0.717, 1.165) is 33.1 Å². The number of hydrogen-bond acceptors (Lipinski definition) is 4.